The van der Waals surface area contributed by atoms with E-state index in [1.807, 2.05) is 20.8 Å². The third-order valence-electron chi connectivity index (χ3n) is 2.99. The molecule has 0 amide bonds. The van der Waals surface area contributed by atoms with Crippen LogP contribution in [0.5, 0.6) is 0 Å². The van der Waals surface area contributed by atoms with Crippen molar-refractivity contribution in [2.75, 3.05) is 13.2 Å². The number of nitrogens with two attached hydrogens (primary N) is 1. The maximum Gasteiger partial charge on any atom is 0.240 e. The van der Waals surface area contributed by atoms with E-state index >= 15 is 0 Å². The van der Waals surface area contributed by atoms with Gasteiger partial charge in [0.25, 0.3) is 0 Å². The molecule has 0 bridgehead atoms. The SMILES string of the molecule is CCOC(C)(C)CNS(=O)(=O)c1ccc(CN)cc1C. The van der Waals surface area contributed by atoms with Gasteiger partial charge < -0.3 is 10.5 Å². The van der Waals surface area contributed by atoms with Gasteiger partial charge in [0.1, 0.15) is 0 Å². The van der Waals surface area contributed by atoms with Crippen LogP contribution in [0.25, 0.3) is 0 Å². The van der Waals surface area contributed by atoms with Crippen LogP contribution in [0.3, 0.4) is 0 Å². The van der Waals surface area contributed by atoms with E-state index < -0.39 is 15.6 Å². The largest absolute Gasteiger partial charge is 0.375 e. The zero-order valence-electron chi connectivity index (χ0n) is 12.6. The molecule has 1 aromatic carbocycles. The Kier molecular flexibility index (Phi) is 5.70. The van der Waals surface area contributed by atoms with Gasteiger partial charge in [0.15, 0.2) is 0 Å². The maximum atomic E-state index is 12.3. The number of sulfonamides is 1. The smallest absolute Gasteiger partial charge is 0.240 e. The Morgan fingerprint density at radius 3 is 2.50 bits per heavy atom. The topological polar surface area (TPSA) is 81.4 Å². The Morgan fingerprint density at radius 2 is 2.00 bits per heavy atom. The molecule has 1 aromatic rings. The van der Waals surface area contributed by atoms with E-state index in [1.54, 1.807) is 25.1 Å². The first-order valence-electron chi connectivity index (χ1n) is 6.65. The summed E-state index contributed by atoms with van der Waals surface area (Å²) in [6.07, 6.45) is 0. The van der Waals surface area contributed by atoms with Crippen molar-refractivity contribution in [3.63, 3.8) is 0 Å². The minimum absolute atomic E-state index is 0.223. The number of hydrogen-bond donors (Lipinski definition) is 2. The van der Waals surface area contributed by atoms with Crippen molar-refractivity contribution in [2.24, 2.45) is 5.73 Å². The molecule has 0 saturated heterocycles. The Balaban J connectivity index is 2.89. The summed E-state index contributed by atoms with van der Waals surface area (Å²) in [4.78, 5) is 0.280. The zero-order chi connectivity index (χ0) is 15.4. The van der Waals surface area contributed by atoms with E-state index in [0.29, 0.717) is 18.7 Å². The van der Waals surface area contributed by atoms with E-state index in [4.69, 9.17) is 10.5 Å². The molecule has 0 heterocycles. The van der Waals surface area contributed by atoms with Gasteiger partial charge in [-0.3, -0.25) is 0 Å². The minimum Gasteiger partial charge on any atom is -0.375 e. The molecule has 0 fully saturated rings. The van der Waals surface area contributed by atoms with Crippen LogP contribution in [0, 0.1) is 6.92 Å². The van der Waals surface area contributed by atoms with Crippen LogP contribution in [-0.2, 0) is 21.3 Å². The molecule has 0 saturated carbocycles. The van der Waals surface area contributed by atoms with Gasteiger partial charge in [0.2, 0.25) is 10.0 Å². The molecule has 0 aromatic heterocycles. The first-order valence-corrected chi connectivity index (χ1v) is 8.13. The summed E-state index contributed by atoms with van der Waals surface area (Å²) in [6.45, 7) is 8.51. The normalized spacial score (nSPS) is 12.7. The summed E-state index contributed by atoms with van der Waals surface area (Å²) in [5, 5.41) is 0. The molecule has 3 N–H and O–H groups in total. The summed E-state index contributed by atoms with van der Waals surface area (Å²) >= 11 is 0. The predicted octanol–water partition coefficient (Wildman–Crippen LogP) is 1.55. The maximum absolute atomic E-state index is 12.3. The highest BCUT2D eigenvalue weighted by molar-refractivity contribution is 7.89. The number of nitrogens with one attached hydrogen (secondary N) is 1. The Hall–Kier alpha value is -0.950. The molecular formula is C14H24N2O3S. The fraction of sp³-hybridized carbons (Fsp3) is 0.571. The van der Waals surface area contributed by atoms with Crippen molar-refractivity contribution < 1.29 is 13.2 Å². The van der Waals surface area contributed by atoms with Gasteiger partial charge in [-0.15, -0.1) is 0 Å². The summed E-state index contributed by atoms with van der Waals surface area (Å²) < 4.78 is 32.7. The van der Waals surface area contributed by atoms with Crippen LogP contribution < -0.4 is 10.5 Å². The van der Waals surface area contributed by atoms with Crippen LogP contribution >= 0.6 is 0 Å². The van der Waals surface area contributed by atoms with Crippen LogP contribution in [0.4, 0.5) is 0 Å². The van der Waals surface area contributed by atoms with Gasteiger partial charge in [-0.1, -0.05) is 12.1 Å². The lowest BCUT2D eigenvalue weighted by atomic mass is 10.1. The predicted molar refractivity (Wildman–Crippen MR) is 80.0 cm³/mol. The van der Waals surface area contributed by atoms with Crippen molar-refractivity contribution in [1.82, 2.24) is 4.72 Å². The molecule has 1 rings (SSSR count). The second kappa shape index (κ2) is 6.67. The third-order valence-corrected chi connectivity index (χ3v) is 4.55. The minimum atomic E-state index is -3.54. The van der Waals surface area contributed by atoms with Gasteiger partial charge in [-0.2, -0.15) is 0 Å². The molecule has 0 aliphatic heterocycles. The second-order valence-electron chi connectivity index (χ2n) is 5.32. The Morgan fingerprint density at radius 1 is 1.35 bits per heavy atom. The van der Waals surface area contributed by atoms with E-state index in [-0.39, 0.29) is 11.4 Å². The number of hydrogen-bond acceptors (Lipinski definition) is 4. The van der Waals surface area contributed by atoms with Gasteiger partial charge in [-0.05, 0) is 44.9 Å². The van der Waals surface area contributed by atoms with Crippen molar-refractivity contribution >= 4 is 10.0 Å². The van der Waals surface area contributed by atoms with Crippen LogP contribution in [0.15, 0.2) is 23.1 Å². The number of benzene rings is 1. The summed E-state index contributed by atoms with van der Waals surface area (Å²) in [6, 6.07) is 5.12. The molecule has 114 valence electrons. The molecular weight excluding hydrogens is 276 g/mol. The number of aryl methyl sites for hydroxylation is 1. The molecule has 0 radical (unpaired) electrons. The number of rotatable bonds is 7. The zero-order valence-corrected chi connectivity index (χ0v) is 13.4. The summed E-state index contributed by atoms with van der Waals surface area (Å²) in [5.41, 5.74) is 6.61. The van der Waals surface area contributed by atoms with Gasteiger partial charge >= 0.3 is 0 Å². The average molecular weight is 300 g/mol. The van der Waals surface area contributed by atoms with Crippen LogP contribution in [0.2, 0.25) is 0 Å². The van der Waals surface area contributed by atoms with Crippen molar-refractivity contribution in [3.8, 4) is 0 Å². The van der Waals surface area contributed by atoms with Gasteiger partial charge in [-0.25, -0.2) is 13.1 Å². The third kappa shape index (κ3) is 4.56. The van der Waals surface area contributed by atoms with E-state index in [0.717, 1.165) is 5.56 Å². The van der Waals surface area contributed by atoms with E-state index in [1.165, 1.54) is 0 Å². The van der Waals surface area contributed by atoms with Crippen LogP contribution in [0.1, 0.15) is 31.9 Å². The molecule has 6 heteroatoms. The standard InChI is InChI=1S/C14H24N2O3S/c1-5-19-14(3,4)10-16-20(17,18)13-7-6-12(9-15)8-11(13)2/h6-8,16H,5,9-10,15H2,1-4H3. The van der Waals surface area contributed by atoms with Gasteiger partial charge in [0, 0.05) is 19.7 Å². The summed E-state index contributed by atoms with van der Waals surface area (Å²) in [5.74, 6) is 0. The molecule has 20 heavy (non-hydrogen) atoms. The lowest BCUT2D eigenvalue weighted by molar-refractivity contribution is -0.00515. The first-order chi connectivity index (χ1) is 9.22. The van der Waals surface area contributed by atoms with Gasteiger partial charge in [0.05, 0.1) is 10.5 Å². The molecule has 0 spiro atoms. The highest BCUT2D eigenvalue weighted by atomic mass is 32.2. The van der Waals surface area contributed by atoms with Crippen molar-refractivity contribution in [3.05, 3.63) is 29.3 Å². The molecule has 0 atom stereocenters. The first kappa shape index (κ1) is 17.1. The number of ether oxygens (including phenoxy) is 1. The quantitative estimate of drug-likeness (QED) is 0.800. The fourth-order valence-electron chi connectivity index (χ4n) is 1.93. The monoisotopic (exact) mass is 300 g/mol. The van der Waals surface area contributed by atoms with E-state index in [9.17, 15) is 8.42 Å². The average Bonchev–Trinajstić information content (AvgIpc) is 2.36. The van der Waals surface area contributed by atoms with E-state index in [2.05, 4.69) is 4.72 Å². The van der Waals surface area contributed by atoms with Crippen molar-refractivity contribution in [1.29, 1.82) is 0 Å². The molecule has 0 aliphatic carbocycles. The fourth-order valence-corrected chi connectivity index (χ4v) is 3.35. The lowest BCUT2D eigenvalue weighted by Gasteiger charge is -2.25. The second-order valence-corrected chi connectivity index (χ2v) is 7.06. The summed E-state index contributed by atoms with van der Waals surface area (Å²) in [7, 11) is -3.54. The Labute approximate surface area is 121 Å². The molecule has 0 aliphatic rings. The van der Waals surface area contributed by atoms with Crippen molar-refractivity contribution in [2.45, 2.75) is 44.7 Å². The lowest BCUT2D eigenvalue weighted by Crippen LogP contribution is -2.40. The highest BCUT2D eigenvalue weighted by Gasteiger charge is 2.23. The van der Waals surface area contributed by atoms with Crippen LogP contribution in [-0.4, -0.2) is 27.2 Å². The molecule has 5 nitrogen and oxygen atoms in total. The highest BCUT2D eigenvalue weighted by Crippen LogP contribution is 2.17. The Bertz CT molecular complexity index is 554. The molecule has 0 unspecified atom stereocenters.